The van der Waals surface area contributed by atoms with Gasteiger partial charge in [0.25, 0.3) is 0 Å². The molecule has 1 aromatic heterocycles. The first kappa shape index (κ1) is 25.9. The van der Waals surface area contributed by atoms with E-state index in [1.165, 1.54) is 12.1 Å². The van der Waals surface area contributed by atoms with Gasteiger partial charge in [-0.3, -0.25) is 4.90 Å². The summed E-state index contributed by atoms with van der Waals surface area (Å²) in [4.78, 5) is 2.17. The molecule has 7 heteroatoms. The summed E-state index contributed by atoms with van der Waals surface area (Å²) in [6, 6.07) is 15.9. The first-order valence-corrected chi connectivity index (χ1v) is 11.7. The van der Waals surface area contributed by atoms with Crippen molar-refractivity contribution in [3.8, 4) is 17.3 Å². The van der Waals surface area contributed by atoms with Crippen molar-refractivity contribution in [3.63, 3.8) is 0 Å². The lowest BCUT2D eigenvalue weighted by Crippen LogP contribution is -2.40. The fourth-order valence-electron chi connectivity index (χ4n) is 3.51. The molecule has 0 unspecified atom stereocenters. The third-order valence-corrected chi connectivity index (χ3v) is 5.41. The van der Waals surface area contributed by atoms with Crippen LogP contribution in [-0.2, 0) is 11.3 Å². The van der Waals surface area contributed by atoms with Gasteiger partial charge in [-0.25, -0.2) is 9.07 Å². The van der Waals surface area contributed by atoms with Gasteiger partial charge in [-0.2, -0.15) is 5.10 Å². The Kier molecular flexibility index (Phi) is 8.47. The minimum atomic E-state index is -0.632. The zero-order chi connectivity index (χ0) is 24.9. The van der Waals surface area contributed by atoms with E-state index in [4.69, 9.17) is 14.6 Å². The highest BCUT2D eigenvalue weighted by atomic mass is 19.1. The Balaban J connectivity index is 1.92. The second-order valence-corrected chi connectivity index (χ2v) is 9.77. The fraction of sp³-hybridized carbons (Fsp3) is 0.444. The van der Waals surface area contributed by atoms with E-state index in [0.717, 1.165) is 16.9 Å². The Hall–Kier alpha value is -2.74. The van der Waals surface area contributed by atoms with Crippen molar-refractivity contribution in [1.82, 2.24) is 14.7 Å². The maximum atomic E-state index is 13.5. The van der Waals surface area contributed by atoms with Gasteiger partial charge in [-0.1, -0.05) is 18.2 Å². The van der Waals surface area contributed by atoms with E-state index in [-0.39, 0.29) is 24.1 Å². The summed E-state index contributed by atoms with van der Waals surface area (Å²) < 4.78 is 27.3. The predicted molar refractivity (Wildman–Crippen MR) is 132 cm³/mol. The molecule has 0 aliphatic carbocycles. The number of nitrogens with zero attached hydrogens (tertiary/aromatic N) is 3. The summed E-state index contributed by atoms with van der Waals surface area (Å²) in [6.45, 7) is 13.3. The van der Waals surface area contributed by atoms with E-state index in [2.05, 4.69) is 18.7 Å². The van der Waals surface area contributed by atoms with Crippen LogP contribution < -0.4 is 4.74 Å². The van der Waals surface area contributed by atoms with Crippen LogP contribution in [-0.4, -0.2) is 50.7 Å². The lowest BCUT2D eigenvalue weighted by Gasteiger charge is -2.30. The van der Waals surface area contributed by atoms with Gasteiger partial charge in [0.05, 0.1) is 35.3 Å². The zero-order valence-electron chi connectivity index (χ0n) is 21.0. The van der Waals surface area contributed by atoms with Crippen molar-refractivity contribution in [2.24, 2.45) is 0 Å². The summed E-state index contributed by atoms with van der Waals surface area (Å²) in [5, 5.41) is 15.4. The third-order valence-electron chi connectivity index (χ3n) is 5.41. The summed E-state index contributed by atoms with van der Waals surface area (Å²) in [7, 11) is 0. The Morgan fingerprint density at radius 2 is 1.71 bits per heavy atom. The van der Waals surface area contributed by atoms with E-state index >= 15 is 0 Å². The monoisotopic (exact) mass is 469 g/mol. The van der Waals surface area contributed by atoms with Crippen molar-refractivity contribution in [2.45, 2.75) is 65.8 Å². The molecule has 0 fully saturated rings. The molecular weight excluding hydrogens is 433 g/mol. The maximum absolute atomic E-state index is 13.5. The molecule has 6 nitrogen and oxygen atoms in total. The molecule has 0 bridgehead atoms. The van der Waals surface area contributed by atoms with Gasteiger partial charge >= 0.3 is 0 Å². The van der Waals surface area contributed by atoms with E-state index in [0.29, 0.717) is 24.7 Å². The van der Waals surface area contributed by atoms with Crippen molar-refractivity contribution < 1.29 is 19.0 Å². The Morgan fingerprint density at radius 3 is 2.29 bits per heavy atom. The van der Waals surface area contributed by atoms with Crippen LogP contribution in [0.25, 0.3) is 5.69 Å². The molecule has 0 saturated carbocycles. The molecule has 0 spiro atoms. The van der Waals surface area contributed by atoms with Crippen molar-refractivity contribution in [2.75, 3.05) is 13.2 Å². The van der Waals surface area contributed by atoms with E-state index in [1.807, 2.05) is 58.0 Å². The highest BCUT2D eigenvalue weighted by Crippen LogP contribution is 2.32. The molecule has 0 aliphatic heterocycles. The van der Waals surface area contributed by atoms with Gasteiger partial charge < -0.3 is 14.6 Å². The maximum Gasteiger partial charge on any atom is 0.227 e. The Labute approximate surface area is 201 Å². The van der Waals surface area contributed by atoms with Crippen molar-refractivity contribution in [3.05, 3.63) is 71.7 Å². The molecule has 1 N–H and O–H groups in total. The van der Waals surface area contributed by atoms with Crippen LogP contribution in [0.1, 0.15) is 45.9 Å². The van der Waals surface area contributed by atoms with Crippen LogP contribution in [0.2, 0.25) is 0 Å². The quantitative estimate of drug-likeness (QED) is 0.425. The number of aryl methyl sites for hydroxylation is 1. The molecule has 1 heterocycles. The Morgan fingerprint density at radius 1 is 1.06 bits per heavy atom. The largest absolute Gasteiger partial charge is 0.439 e. The molecule has 1 atom stereocenters. The van der Waals surface area contributed by atoms with Gasteiger partial charge in [-0.05, 0) is 77.9 Å². The fourth-order valence-corrected chi connectivity index (χ4v) is 3.51. The number of hydrogen-bond donors (Lipinski definition) is 1. The van der Waals surface area contributed by atoms with Gasteiger partial charge in [-0.15, -0.1) is 0 Å². The summed E-state index contributed by atoms with van der Waals surface area (Å²) in [6.07, 6.45) is -0.632. The number of aromatic nitrogens is 2. The van der Waals surface area contributed by atoms with E-state index in [9.17, 15) is 9.50 Å². The summed E-state index contributed by atoms with van der Waals surface area (Å²) in [5.41, 5.74) is 2.29. The van der Waals surface area contributed by atoms with Gasteiger partial charge in [0, 0.05) is 19.1 Å². The van der Waals surface area contributed by atoms with Crippen molar-refractivity contribution >= 4 is 0 Å². The van der Waals surface area contributed by atoms with Gasteiger partial charge in [0.15, 0.2) is 0 Å². The van der Waals surface area contributed by atoms with Crippen LogP contribution in [0, 0.1) is 12.7 Å². The number of hydrogen-bond acceptors (Lipinski definition) is 5. The molecule has 0 aliphatic rings. The molecule has 0 saturated heterocycles. The zero-order valence-corrected chi connectivity index (χ0v) is 21.0. The van der Waals surface area contributed by atoms with Gasteiger partial charge in [0.2, 0.25) is 5.88 Å². The van der Waals surface area contributed by atoms with Gasteiger partial charge in [0.1, 0.15) is 11.6 Å². The molecule has 3 aromatic rings. The molecule has 2 aromatic carbocycles. The average molecular weight is 470 g/mol. The number of ether oxygens (including phenoxy) is 2. The first-order chi connectivity index (χ1) is 16.0. The molecular formula is C27H36FN3O3. The highest BCUT2D eigenvalue weighted by Gasteiger charge is 2.24. The minimum absolute atomic E-state index is 0.169. The molecule has 184 valence electrons. The number of aliphatic hydroxyl groups is 1. The lowest BCUT2D eigenvalue weighted by atomic mass is 10.1. The number of rotatable bonds is 10. The second kappa shape index (κ2) is 11.1. The number of para-hydroxylation sites is 1. The topological polar surface area (TPSA) is 59.8 Å². The molecule has 0 radical (unpaired) electrons. The minimum Gasteiger partial charge on any atom is -0.439 e. The normalized spacial score (nSPS) is 13.0. The lowest BCUT2D eigenvalue weighted by molar-refractivity contribution is -0.0587. The van der Waals surface area contributed by atoms with Crippen LogP contribution in [0.3, 0.4) is 0 Å². The summed E-state index contributed by atoms with van der Waals surface area (Å²) >= 11 is 0. The standard InChI is InChI=1S/C27H36FN3O3/c1-19(2)30(16-23(32)18-33-27(4,5)6)17-25-20(3)29-31(22-10-8-7-9-11-22)26(25)34-24-14-12-21(28)13-15-24/h7-15,19,23,32H,16-18H2,1-6H3/t23-/m1/s1. The van der Waals surface area contributed by atoms with Crippen LogP contribution in [0.4, 0.5) is 4.39 Å². The smallest absolute Gasteiger partial charge is 0.227 e. The number of aliphatic hydroxyl groups excluding tert-OH is 1. The Bertz CT molecular complexity index is 1040. The highest BCUT2D eigenvalue weighted by molar-refractivity contribution is 5.43. The average Bonchev–Trinajstić information content (AvgIpc) is 3.08. The predicted octanol–water partition coefficient (Wildman–Crippen LogP) is 5.50. The van der Waals surface area contributed by atoms with Crippen molar-refractivity contribution in [1.29, 1.82) is 0 Å². The van der Waals surface area contributed by atoms with Crippen LogP contribution in [0.5, 0.6) is 11.6 Å². The van der Waals surface area contributed by atoms with E-state index in [1.54, 1.807) is 16.8 Å². The SMILES string of the molecule is Cc1nn(-c2ccccc2)c(Oc2ccc(F)cc2)c1CN(C[C@@H](O)COC(C)(C)C)C(C)C. The first-order valence-electron chi connectivity index (χ1n) is 11.7. The molecule has 0 amide bonds. The third kappa shape index (κ3) is 7.13. The van der Waals surface area contributed by atoms with Crippen LogP contribution in [0.15, 0.2) is 54.6 Å². The number of halogens is 1. The van der Waals surface area contributed by atoms with Crippen LogP contribution >= 0.6 is 0 Å². The summed E-state index contributed by atoms with van der Waals surface area (Å²) in [5.74, 6) is 0.772. The second-order valence-electron chi connectivity index (χ2n) is 9.77. The van der Waals surface area contributed by atoms with E-state index < -0.39 is 6.10 Å². The molecule has 3 rings (SSSR count). The number of benzene rings is 2. The molecule has 34 heavy (non-hydrogen) atoms.